The Morgan fingerprint density at radius 3 is 2.78 bits per heavy atom. The molecule has 3 rings (SSSR count). The van der Waals surface area contributed by atoms with Crippen LogP contribution in [0.1, 0.15) is 5.56 Å². The molecule has 0 fully saturated rings. The van der Waals surface area contributed by atoms with Gasteiger partial charge < -0.3 is 5.32 Å². The molecule has 3 aromatic rings. The third-order valence-corrected chi connectivity index (χ3v) is 2.86. The first kappa shape index (κ1) is 10.7. The highest BCUT2D eigenvalue weighted by atomic mass is 15.0. The maximum Gasteiger partial charge on any atom is 0.134 e. The molecular formula is C15H13N3. The van der Waals surface area contributed by atoms with Gasteiger partial charge in [0.05, 0.1) is 0 Å². The maximum absolute atomic E-state index is 4.39. The normalized spacial score (nSPS) is 10.4. The Kier molecular flexibility index (Phi) is 2.88. The van der Waals surface area contributed by atoms with Crippen molar-refractivity contribution in [2.45, 2.75) is 6.54 Å². The van der Waals surface area contributed by atoms with Crippen LogP contribution in [0.15, 0.2) is 61.1 Å². The molecule has 0 bridgehead atoms. The van der Waals surface area contributed by atoms with Crippen molar-refractivity contribution in [1.29, 1.82) is 0 Å². The van der Waals surface area contributed by atoms with Gasteiger partial charge in [-0.3, -0.25) is 4.98 Å². The van der Waals surface area contributed by atoms with Gasteiger partial charge in [0.25, 0.3) is 0 Å². The van der Waals surface area contributed by atoms with Gasteiger partial charge in [-0.25, -0.2) is 4.98 Å². The highest BCUT2D eigenvalue weighted by molar-refractivity contribution is 5.91. The second-order valence-electron chi connectivity index (χ2n) is 4.10. The second-order valence-corrected chi connectivity index (χ2v) is 4.10. The highest BCUT2D eigenvalue weighted by Crippen LogP contribution is 2.20. The van der Waals surface area contributed by atoms with Gasteiger partial charge in [0.15, 0.2) is 0 Å². The molecule has 0 aliphatic heterocycles. The van der Waals surface area contributed by atoms with Gasteiger partial charge in [-0.15, -0.1) is 0 Å². The first-order chi connectivity index (χ1) is 8.93. The van der Waals surface area contributed by atoms with E-state index in [9.17, 15) is 0 Å². The Labute approximate surface area is 106 Å². The zero-order chi connectivity index (χ0) is 12.2. The van der Waals surface area contributed by atoms with Crippen molar-refractivity contribution in [2.24, 2.45) is 0 Å². The molecule has 1 N–H and O–H groups in total. The van der Waals surface area contributed by atoms with Crippen molar-refractivity contribution in [1.82, 2.24) is 9.97 Å². The molecular weight excluding hydrogens is 222 g/mol. The summed E-state index contributed by atoms with van der Waals surface area (Å²) in [6.45, 7) is 0.731. The monoisotopic (exact) mass is 235 g/mol. The summed E-state index contributed by atoms with van der Waals surface area (Å²) in [5.74, 6) is 0.914. The van der Waals surface area contributed by atoms with Crippen LogP contribution in [-0.2, 0) is 6.54 Å². The van der Waals surface area contributed by atoms with E-state index in [-0.39, 0.29) is 0 Å². The van der Waals surface area contributed by atoms with Gasteiger partial charge in [0.1, 0.15) is 5.82 Å². The average Bonchev–Trinajstić information content (AvgIpc) is 2.46. The summed E-state index contributed by atoms with van der Waals surface area (Å²) in [4.78, 5) is 8.49. The molecule has 2 aromatic heterocycles. The molecule has 88 valence electrons. The molecule has 0 aliphatic carbocycles. The summed E-state index contributed by atoms with van der Waals surface area (Å²) in [6, 6.07) is 14.2. The second kappa shape index (κ2) is 4.84. The maximum atomic E-state index is 4.39. The van der Waals surface area contributed by atoms with Crippen LogP contribution in [-0.4, -0.2) is 9.97 Å². The topological polar surface area (TPSA) is 37.8 Å². The predicted octanol–water partition coefficient (Wildman–Crippen LogP) is 3.24. The van der Waals surface area contributed by atoms with E-state index < -0.39 is 0 Å². The lowest BCUT2D eigenvalue weighted by atomic mass is 10.1. The number of hydrogen-bond donors (Lipinski definition) is 1. The molecule has 0 saturated carbocycles. The zero-order valence-corrected chi connectivity index (χ0v) is 9.88. The fraction of sp³-hybridized carbons (Fsp3) is 0.0667. The first-order valence-electron chi connectivity index (χ1n) is 5.90. The van der Waals surface area contributed by atoms with E-state index in [1.54, 1.807) is 6.20 Å². The Bertz CT molecular complexity index is 645. The Morgan fingerprint density at radius 1 is 0.944 bits per heavy atom. The Hall–Kier alpha value is -2.42. The van der Waals surface area contributed by atoms with Crippen molar-refractivity contribution in [3.8, 4) is 0 Å². The number of fused-ring (bicyclic) bond motifs is 1. The number of benzene rings is 1. The minimum Gasteiger partial charge on any atom is -0.365 e. The summed E-state index contributed by atoms with van der Waals surface area (Å²) in [5.41, 5.74) is 1.15. The van der Waals surface area contributed by atoms with Crippen LogP contribution in [0, 0.1) is 0 Å². The third kappa shape index (κ3) is 2.15. The molecule has 0 aliphatic rings. The molecule has 0 atom stereocenters. The van der Waals surface area contributed by atoms with Crippen LogP contribution >= 0.6 is 0 Å². The van der Waals surface area contributed by atoms with Gasteiger partial charge in [-0.05, 0) is 23.1 Å². The van der Waals surface area contributed by atoms with E-state index in [2.05, 4.69) is 27.4 Å². The molecule has 0 saturated heterocycles. The fourth-order valence-corrected chi connectivity index (χ4v) is 1.95. The molecule has 1 aromatic carbocycles. The summed E-state index contributed by atoms with van der Waals surface area (Å²) < 4.78 is 0. The highest BCUT2D eigenvalue weighted by Gasteiger charge is 2.00. The number of hydrogen-bond acceptors (Lipinski definition) is 3. The molecule has 18 heavy (non-hydrogen) atoms. The van der Waals surface area contributed by atoms with E-state index in [0.29, 0.717) is 0 Å². The summed E-state index contributed by atoms with van der Waals surface area (Å²) >= 11 is 0. The molecule has 3 heteroatoms. The molecule has 0 unspecified atom stereocenters. The number of pyridine rings is 2. The largest absolute Gasteiger partial charge is 0.365 e. The van der Waals surface area contributed by atoms with Crippen LogP contribution in [0.25, 0.3) is 10.8 Å². The van der Waals surface area contributed by atoms with Gasteiger partial charge in [-0.2, -0.15) is 0 Å². The standard InChI is InChI=1S/C15H13N3/c1-2-6-14-13(5-1)7-9-17-15(14)18-11-12-4-3-8-16-10-12/h1-10H,11H2,(H,17,18). The SMILES string of the molecule is c1cncc(CNc2nccc3ccccc23)c1. The fourth-order valence-electron chi connectivity index (χ4n) is 1.95. The van der Waals surface area contributed by atoms with E-state index in [0.717, 1.165) is 23.3 Å². The lowest BCUT2D eigenvalue weighted by Crippen LogP contribution is -2.01. The lowest BCUT2D eigenvalue weighted by molar-refractivity contribution is 1.09. The van der Waals surface area contributed by atoms with Gasteiger partial charge in [-0.1, -0.05) is 30.3 Å². The average molecular weight is 235 g/mol. The van der Waals surface area contributed by atoms with Crippen LogP contribution in [0.2, 0.25) is 0 Å². The van der Waals surface area contributed by atoms with E-state index in [1.807, 2.05) is 42.7 Å². The Balaban J connectivity index is 1.87. The van der Waals surface area contributed by atoms with E-state index in [1.165, 1.54) is 5.39 Å². The van der Waals surface area contributed by atoms with E-state index in [4.69, 9.17) is 0 Å². The third-order valence-electron chi connectivity index (χ3n) is 2.86. The smallest absolute Gasteiger partial charge is 0.134 e. The van der Waals surface area contributed by atoms with E-state index >= 15 is 0 Å². The number of rotatable bonds is 3. The number of aromatic nitrogens is 2. The van der Waals surface area contributed by atoms with Crippen molar-refractivity contribution < 1.29 is 0 Å². The summed E-state index contributed by atoms with van der Waals surface area (Å²) in [5, 5.41) is 5.69. The van der Waals surface area contributed by atoms with Gasteiger partial charge in [0, 0.05) is 30.5 Å². The first-order valence-corrected chi connectivity index (χ1v) is 5.90. The van der Waals surface area contributed by atoms with Crippen LogP contribution in [0.5, 0.6) is 0 Å². The van der Waals surface area contributed by atoms with Gasteiger partial charge in [0.2, 0.25) is 0 Å². The number of nitrogens with one attached hydrogen (secondary N) is 1. The molecule has 2 heterocycles. The number of anilines is 1. The van der Waals surface area contributed by atoms with Crippen molar-refractivity contribution in [2.75, 3.05) is 5.32 Å². The van der Waals surface area contributed by atoms with Crippen LogP contribution in [0.4, 0.5) is 5.82 Å². The molecule has 0 amide bonds. The minimum atomic E-state index is 0.731. The molecule has 0 spiro atoms. The lowest BCUT2D eigenvalue weighted by Gasteiger charge is -2.08. The minimum absolute atomic E-state index is 0.731. The quantitative estimate of drug-likeness (QED) is 0.757. The van der Waals surface area contributed by atoms with Crippen LogP contribution < -0.4 is 5.32 Å². The van der Waals surface area contributed by atoms with Crippen molar-refractivity contribution >= 4 is 16.6 Å². The zero-order valence-electron chi connectivity index (χ0n) is 9.88. The molecule has 0 radical (unpaired) electrons. The van der Waals surface area contributed by atoms with Crippen molar-refractivity contribution in [3.05, 3.63) is 66.6 Å². The molecule has 3 nitrogen and oxygen atoms in total. The Morgan fingerprint density at radius 2 is 1.89 bits per heavy atom. The van der Waals surface area contributed by atoms with Crippen molar-refractivity contribution in [3.63, 3.8) is 0 Å². The number of nitrogens with zero attached hydrogens (tertiary/aromatic N) is 2. The summed E-state index contributed by atoms with van der Waals surface area (Å²) in [7, 11) is 0. The predicted molar refractivity (Wildman–Crippen MR) is 73.3 cm³/mol. The van der Waals surface area contributed by atoms with Crippen LogP contribution in [0.3, 0.4) is 0 Å². The van der Waals surface area contributed by atoms with Gasteiger partial charge >= 0.3 is 0 Å². The summed E-state index contributed by atoms with van der Waals surface area (Å²) in [6.07, 6.45) is 5.46.